The third-order valence-electron chi connectivity index (χ3n) is 4.46. The van der Waals surface area contributed by atoms with Gasteiger partial charge in [-0.2, -0.15) is 0 Å². The van der Waals surface area contributed by atoms with Crippen LogP contribution in [-0.4, -0.2) is 24.2 Å². The molecule has 0 aromatic heterocycles. The second-order valence-corrected chi connectivity index (χ2v) is 7.48. The first-order chi connectivity index (χ1) is 15.1. The molecule has 0 aliphatic carbocycles. The smallest absolute Gasteiger partial charge is 0.250 e. The summed E-state index contributed by atoms with van der Waals surface area (Å²) in [4.78, 5) is 12.1. The first-order valence-electron chi connectivity index (χ1n) is 10.9. The minimum absolute atomic E-state index is 0.234. The quantitative estimate of drug-likeness (QED) is 0.242. The molecule has 0 aliphatic rings. The first kappa shape index (κ1) is 24.4. The van der Waals surface area contributed by atoms with E-state index in [2.05, 4.69) is 17.6 Å². The molecule has 0 heterocycles. The Morgan fingerprint density at radius 3 is 2.48 bits per heavy atom. The van der Waals surface area contributed by atoms with Crippen LogP contribution in [0.1, 0.15) is 51.5 Å². The van der Waals surface area contributed by atoms with Crippen molar-refractivity contribution in [3.05, 3.63) is 60.2 Å². The number of benzene rings is 2. The van der Waals surface area contributed by atoms with Crippen LogP contribution in [0.15, 0.2) is 54.6 Å². The molecular formula is C25H32N2O3S. The lowest BCUT2D eigenvalue weighted by Crippen LogP contribution is -2.32. The number of unbranched alkanes of at least 4 members (excludes halogenated alkanes) is 4. The standard InChI is InChI=1S/C25H32N2O3S/c1-3-5-6-7-8-18-30-23-11-9-10-21(19-23)26-25(31)27-24(28)17-14-20-12-15-22(16-13-20)29-4-2/h9-17,19H,3-8,18H2,1-2H3,(H2,26,27,28,31)/b17-14+. The van der Waals surface area contributed by atoms with E-state index in [9.17, 15) is 4.79 Å². The summed E-state index contributed by atoms with van der Waals surface area (Å²) in [5.74, 6) is 1.29. The van der Waals surface area contributed by atoms with Crippen LogP contribution in [0.5, 0.6) is 11.5 Å². The van der Waals surface area contributed by atoms with E-state index in [1.807, 2.05) is 55.5 Å². The lowest BCUT2D eigenvalue weighted by Gasteiger charge is -2.11. The normalized spacial score (nSPS) is 10.6. The number of hydrogen-bond donors (Lipinski definition) is 2. The van der Waals surface area contributed by atoms with Crippen molar-refractivity contribution in [2.24, 2.45) is 0 Å². The van der Waals surface area contributed by atoms with Crippen molar-refractivity contribution < 1.29 is 14.3 Å². The summed E-state index contributed by atoms with van der Waals surface area (Å²) in [5.41, 5.74) is 1.67. The van der Waals surface area contributed by atoms with E-state index in [0.29, 0.717) is 13.2 Å². The number of nitrogens with one attached hydrogen (secondary N) is 2. The molecular weight excluding hydrogens is 408 g/mol. The van der Waals surface area contributed by atoms with E-state index in [4.69, 9.17) is 21.7 Å². The fourth-order valence-electron chi connectivity index (χ4n) is 2.89. The third kappa shape index (κ3) is 10.1. The molecule has 31 heavy (non-hydrogen) atoms. The number of anilines is 1. The Labute approximate surface area is 190 Å². The zero-order valence-corrected chi connectivity index (χ0v) is 19.2. The van der Waals surface area contributed by atoms with E-state index in [-0.39, 0.29) is 11.0 Å². The van der Waals surface area contributed by atoms with Crippen molar-refractivity contribution in [3.8, 4) is 11.5 Å². The second-order valence-electron chi connectivity index (χ2n) is 7.07. The number of rotatable bonds is 12. The van der Waals surface area contributed by atoms with Crippen LogP contribution in [-0.2, 0) is 4.79 Å². The number of carbonyl (C=O) groups is 1. The molecule has 0 unspecified atom stereocenters. The van der Waals surface area contributed by atoms with Gasteiger partial charge in [0.1, 0.15) is 11.5 Å². The Bertz CT molecular complexity index is 850. The largest absolute Gasteiger partial charge is 0.494 e. The van der Waals surface area contributed by atoms with Crippen LogP contribution >= 0.6 is 12.2 Å². The topological polar surface area (TPSA) is 59.6 Å². The highest BCUT2D eigenvalue weighted by atomic mass is 32.1. The lowest BCUT2D eigenvalue weighted by molar-refractivity contribution is -0.115. The van der Waals surface area contributed by atoms with Gasteiger partial charge in [-0.3, -0.25) is 10.1 Å². The van der Waals surface area contributed by atoms with Gasteiger partial charge >= 0.3 is 0 Å². The molecule has 0 atom stereocenters. The van der Waals surface area contributed by atoms with Gasteiger partial charge < -0.3 is 14.8 Å². The molecule has 2 aromatic rings. The van der Waals surface area contributed by atoms with Gasteiger partial charge in [0, 0.05) is 17.8 Å². The van der Waals surface area contributed by atoms with Crippen molar-refractivity contribution >= 4 is 35.0 Å². The monoisotopic (exact) mass is 440 g/mol. The van der Waals surface area contributed by atoms with E-state index in [1.54, 1.807) is 6.08 Å². The molecule has 0 aliphatic heterocycles. The van der Waals surface area contributed by atoms with Crippen molar-refractivity contribution in [3.63, 3.8) is 0 Å². The van der Waals surface area contributed by atoms with Crippen LogP contribution < -0.4 is 20.1 Å². The molecule has 0 radical (unpaired) electrons. The highest BCUT2D eigenvalue weighted by molar-refractivity contribution is 7.80. The molecule has 2 rings (SSSR count). The van der Waals surface area contributed by atoms with E-state index in [0.717, 1.165) is 29.2 Å². The summed E-state index contributed by atoms with van der Waals surface area (Å²) in [7, 11) is 0. The Morgan fingerprint density at radius 1 is 0.968 bits per heavy atom. The van der Waals surface area contributed by atoms with Gasteiger partial charge in [0.15, 0.2) is 5.11 Å². The van der Waals surface area contributed by atoms with E-state index in [1.165, 1.54) is 31.8 Å². The molecule has 0 saturated heterocycles. The highest BCUT2D eigenvalue weighted by Gasteiger charge is 2.03. The molecule has 1 amide bonds. The molecule has 6 heteroatoms. The maximum atomic E-state index is 12.1. The molecule has 166 valence electrons. The zero-order valence-electron chi connectivity index (χ0n) is 18.4. The average Bonchev–Trinajstić information content (AvgIpc) is 2.76. The van der Waals surface area contributed by atoms with Gasteiger partial charge in [-0.1, -0.05) is 50.8 Å². The SMILES string of the molecule is CCCCCCCOc1cccc(NC(=S)NC(=O)/C=C/c2ccc(OCC)cc2)c1. The number of hydrogen-bond acceptors (Lipinski definition) is 4. The molecule has 0 spiro atoms. The van der Waals surface area contributed by atoms with E-state index >= 15 is 0 Å². The summed E-state index contributed by atoms with van der Waals surface area (Å²) in [6.07, 6.45) is 9.17. The van der Waals surface area contributed by atoms with Crippen LogP contribution in [0, 0.1) is 0 Å². The second kappa shape index (κ2) is 14.2. The van der Waals surface area contributed by atoms with Crippen molar-refractivity contribution in [1.29, 1.82) is 0 Å². The predicted molar refractivity (Wildman–Crippen MR) is 132 cm³/mol. The summed E-state index contributed by atoms with van der Waals surface area (Å²) in [6, 6.07) is 15.1. The summed E-state index contributed by atoms with van der Waals surface area (Å²) in [6.45, 7) is 5.47. The van der Waals surface area contributed by atoms with Crippen LogP contribution in [0.3, 0.4) is 0 Å². The molecule has 0 fully saturated rings. The van der Waals surface area contributed by atoms with Gasteiger partial charge in [0.25, 0.3) is 0 Å². The highest BCUT2D eigenvalue weighted by Crippen LogP contribution is 2.18. The Kier molecular flexibility index (Phi) is 11.2. The third-order valence-corrected chi connectivity index (χ3v) is 4.67. The van der Waals surface area contributed by atoms with Crippen molar-refractivity contribution in [2.75, 3.05) is 18.5 Å². The van der Waals surface area contributed by atoms with Gasteiger partial charge in [0.2, 0.25) is 5.91 Å². The van der Waals surface area contributed by atoms with Crippen molar-refractivity contribution in [1.82, 2.24) is 5.32 Å². The maximum Gasteiger partial charge on any atom is 0.250 e. The fraction of sp³-hybridized carbons (Fsp3) is 0.360. The summed E-state index contributed by atoms with van der Waals surface area (Å²) >= 11 is 5.25. The molecule has 0 saturated carbocycles. The Balaban J connectivity index is 1.76. The predicted octanol–water partition coefficient (Wildman–Crippen LogP) is 5.96. The number of thiocarbonyl (C=S) groups is 1. The summed E-state index contributed by atoms with van der Waals surface area (Å²) < 4.78 is 11.2. The van der Waals surface area contributed by atoms with Gasteiger partial charge in [-0.05, 0) is 61.5 Å². The number of ether oxygens (including phenoxy) is 2. The molecule has 2 N–H and O–H groups in total. The molecule has 5 nitrogen and oxygen atoms in total. The Hall–Kier alpha value is -2.86. The molecule has 0 bridgehead atoms. The maximum absolute atomic E-state index is 12.1. The van der Waals surface area contributed by atoms with Crippen LogP contribution in [0.25, 0.3) is 6.08 Å². The molecule has 2 aromatic carbocycles. The fourth-order valence-corrected chi connectivity index (χ4v) is 3.11. The van der Waals surface area contributed by atoms with Gasteiger partial charge in [0.05, 0.1) is 13.2 Å². The van der Waals surface area contributed by atoms with Crippen LogP contribution in [0.4, 0.5) is 5.69 Å². The van der Waals surface area contributed by atoms with Crippen molar-refractivity contribution in [2.45, 2.75) is 46.0 Å². The van der Waals surface area contributed by atoms with Gasteiger partial charge in [-0.25, -0.2) is 0 Å². The minimum Gasteiger partial charge on any atom is -0.494 e. The number of amides is 1. The zero-order chi connectivity index (χ0) is 22.3. The number of carbonyl (C=O) groups excluding carboxylic acids is 1. The minimum atomic E-state index is -0.300. The summed E-state index contributed by atoms with van der Waals surface area (Å²) in [5, 5.41) is 5.91. The van der Waals surface area contributed by atoms with E-state index < -0.39 is 0 Å². The average molecular weight is 441 g/mol. The van der Waals surface area contributed by atoms with Gasteiger partial charge in [-0.15, -0.1) is 0 Å². The Morgan fingerprint density at radius 2 is 1.74 bits per heavy atom. The lowest BCUT2D eigenvalue weighted by atomic mass is 10.2. The van der Waals surface area contributed by atoms with Crippen LogP contribution in [0.2, 0.25) is 0 Å². The first-order valence-corrected chi connectivity index (χ1v) is 11.3.